The third kappa shape index (κ3) is 9.03. The molecule has 2 aliphatic rings. The molecule has 2 heterocycles. The van der Waals surface area contributed by atoms with Gasteiger partial charge < -0.3 is 33.9 Å². The van der Waals surface area contributed by atoms with E-state index >= 15 is 0 Å². The Bertz CT molecular complexity index is 1110. The maximum absolute atomic E-state index is 12.8. The molecule has 1 aromatic heterocycles. The van der Waals surface area contributed by atoms with Gasteiger partial charge >= 0.3 is 41.6 Å². The van der Waals surface area contributed by atoms with Gasteiger partial charge in [0.05, 0.1) is 18.7 Å². The van der Waals surface area contributed by atoms with Crippen molar-refractivity contribution in [3.05, 3.63) is 23.5 Å². The van der Waals surface area contributed by atoms with E-state index in [9.17, 15) is 19.5 Å². The number of carbonyl (C=O) groups excluding carboxylic acids is 3. The fraction of sp³-hybridized carbons (Fsp3) is 0.724. The van der Waals surface area contributed by atoms with E-state index in [4.69, 9.17) is 19.3 Å². The number of rotatable bonds is 9. The molecule has 1 fully saturated rings. The van der Waals surface area contributed by atoms with Crippen LogP contribution in [0.1, 0.15) is 77.8 Å². The van der Waals surface area contributed by atoms with Crippen LogP contribution < -0.4 is 34.7 Å². The molecule has 0 spiro atoms. The normalized spacial score (nSPS) is 22.4. The summed E-state index contributed by atoms with van der Waals surface area (Å²) in [6, 6.07) is 0. The third-order valence-electron chi connectivity index (χ3n) is 7.76. The number of hydrogen-bond acceptors (Lipinski definition) is 9. The van der Waals surface area contributed by atoms with Crippen LogP contribution in [-0.2, 0) is 30.3 Å². The first-order chi connectivity index (χ1) is 18.6. The second-order valence-corrected chi connectivity index (χ2v) is 12.5. The van der Waals surface area contributed by atoms with E-state index in [1.165, 1.54) is 7.11 Å². The number of likely N-dealkylation sites (N-methyl/N-ethyl adjacent to an activating group) is 2. The van der Waals surface area contributed by atoms with E-state index < -0.39 is 34.8 Å². The van der Waals surface area contributed by atoms with Crippen LogP contribution in [0.2, 0.25) is 0 Å². The molecule has 12 heteroatoms. The first kappa shape index (κ1) is 35.3. The number of amides is 1. The molecular weight excluding hydrogens is 539 g/mol. The van der Waals surface area contributed by atoms with Gasteiger partial charge in [-0.25, -0.2) is 9.48 Å². The van der Waals surface area contributed by atoms with Gasteiger partial charge in [0.2, 0.25) is 0 Å². The molecule has 0 bridgehead atoms. The topological polar surface area (TPSA) is 126 Å². The molecule has 0 N–H and O–H groups in total. The number of aromatic nitrogens is 2. The number of methoxy groups -OCH3 is 1. The van der Waals surface area contributed by atoms with Gasteiger partial charge in [0.25, 0.3) is 0 Å². The quantitative estimate of drug-likeness (QED) is 0.288. The molecule has 3 rings (SSSR count). The van der Waals surface area contributed by atoms with E-state index in [0.29, 0.717) is 37.5 Å². The molecule has 11 nitrogen and oxygen atoms in total. The molecule has 1 amide bonds. The number of nitrogens with zero attached hydrogens (tertiary/aromatic N) is 4. The fourth-order valence-electron chi connectivity index (χ4n) is 5.26. The molecule has 3 unspecified atom stereocenters. The van der Waals surface area contributed by atoms with Crippen molar-refractivity contribution in [3.63, 3.8) is 0 Å². The van der Waals surface area contributed by atoms with Gasteiger partial charge in [-0.2, -0.15) is 5.10 Å². The zero-order chi connectivity index (χ0) is 29.8. The van der Waals surface area contributed by atoms with Gasteiger partial charge in [-0.3, -0.25) is 4.79 Å². The Morgan fingerprint density at radius 1 is 1.20 bits per heavy atom. The number of allylic oxidation sites excluding steroid dienone is 1. The van der Waals surface area contributed by atoms with Crippen molar-refractivity contribution in [1.82, 2.24) is 19.6 Å². The smallest absolute Gasteiger partial charge is 0.550 e. The van der Waals surface area contributed by atoms with Crippen molar-refractivity contribution in [2.75, 3.05) is 40.9 Å². The first-order valence-corrected chi connectivity index (χ1v) is 14.0. The predicted molar refractivity (Wildman–Crippen MR) is 147 cm³/mol. The molecule has 3 atom stereocenters. The summed E-state index contributed by atoms with van der Waals surface area (Å²) in [6.45, 7) is 11.2. The molecule has 1 aliphatic heterocycles. The zero-order valence-electron chi connectivity index (χ0n) is 26.2. The molecular formula is C29H45N4NaO7. The Balaban J connectivity index is 0.00000588. The summed E-state index contributed by atoms with van der Waals surface area (Å²) in [4.78, 5) is 41.0. The van der Waals surface area contributed by atoms with Crippen molar-refractivity contribution in [2.24, 2.45) is 17.3 Å². The summed E-state index contributed by atoms with van der Waals surface area (Å²) in [5, 5.41) is 17.1. The summed E-state index contributed by atoms with van der Waals surface area (Å²) in [5.74, 6) is -3.37. The Labute approximate surface area is 265 Å². The van der Waals surface area contributed by atoms with Crippen LogP contribution in [0.5, 0.6) is 0 Å². The average Bonchev–Trinajstić information content (AvgIpc) is 3.29. The van der Waals surface area contributed by atoms with Gasteiger partial charge in [-0.1, -0.05) is 19.9 Å². The number of carboxylic acid groups (broad SMARTS) is 1. The zero-order valence-corrected chi connectivity index (χ0v) is 28.2. The number of carboxylic acids is 1. The van der Waals surface area contributed by atoms with Gasteiger partial charge in [-0.05, 0) is 64.5 Å². The summed E-state index contributed by atoms with van der Waals surface area (Å²) >= 11 is 0. The van der Waals surface area contributed by atoms with E-state index in [0.717, 1.165) is 24.8 Å². The van der Waals surface area contributed by atoms with Gasteiger partial charge in [-0.15, -0.1) is 0 Å². The van der Waals surface area contributed by atoms with Gasteiger partial charge in [0, 0.05) is 56.9 Å². The third-order valence-corrected chi connectivity index (χ3v) is 7.76. The minimum atomic E-state index is -1.21. The van der Waals surface area contributed by atoms with Crippen LogP contribution in [-0.4, -0.2) is 84.1 Å². The summed E-state index contributed by atoms with van der Waals surface area (Å²) in [6.07, 6.45) is 6.19. The van der Waals surface area contributed by atoms with Gasteiger partial charge in [0.1, 0.15) is 11.8 Å². The monoisotopic (exact) mass is 584 g/mol. The minimum absolute atomic E-state index is 0. The first-order valence-electron chi connectivity index (χ1n) is 14.0. The SMILES string of the molecule is COC(=O)C1C=C(c2nn(C3CCCCO3)cc2CN(C)CCN(C)C(=O)OC(C)(C)C)CC(C(=O)[O-])C1(C)C.[Na+]. The Hall–Kier alpha value is -1.92. The number of aliphatic carboxylic acids is 1. The van der Waals surface area contributed by atoms with Crippen molar-refractivity contribution < 1.29 is 63.3 Å². The van der Waals surface area contributed by atoms with Crippen LogP contribution >= 0.6 is 0 Å². The van der Waals surface area contributed by atoms with Gasteiger partial charge in [0.15, 0.2) is 0 Å². The molecule has 0 aromatic carbocycles. The summed E-state index contributed by atoms with van der Waals surface area (Å²) < 4.78 is 18.3. The minimum Gasteiger partial charge on any atom is -0.550 e. The second-order valence-electron chi connectivity index (χ2n) is 12.5. The maximum Gasteiger partial charge on any atom is 1.00 e. The average molecular weight is 585 g/mol. The number of hydrogen-bond donors (Lipinski definition) is 0. The van der Waals surface area contributed by atoms with Crippen LogP contribution in [0.4, 0.5) is 4.79 Å². The number of ether oxygens (including phenoxy) is 3. The number of esters is 1. The second kappa shape index (κ2) is 14.5. The number of carbonyl (C=O) groups is 3. The Morgan fingerprint density at radius 2 is 1.88 bits per heavy atom. The Kier molecular flexibility index (Phi) is 12.5. The van der Waals surface area contributed by atoms with Crippen molar-refractivity contribution >= 4 is 23.6 Å². The largest absolute Gasteiger partial charge is 1.00 e. The molecule has 41 heavy (non-hydrogen) atoms. The van der Waals surface area contributed by atoms with E-state index in [1.807, 2.05) is 38.7 Å². The standard InChI is InChI=1S/C29H46N4O7.Na/c1-28(2,3)40-27(37)32(7)13-12-31(6)17-20-18-33(23-11-9-10-14-39-23)30-24(20)19-15-21(25(34)35)29(4,5)22(16-19)26(36)38-8;/h16,18,21-23H,9-15,17H2,1-8H3,(H,34,35);/q;+1/p-1. The van der Waals surface area contributed by atoms with E-state index in [2.05, 4.69) is 4.90 Å². The van der Waals surface area contributed by atoms with E-state index in [-0.39, 0.29) is 48.3 Å². The Morgan fingerprint density at radius 3 is 2.44 bits per heavy atom. The molecule has 1 aliphatic carbocycles. The van der Waals surface area contributed by atoms with Crippen LogP contribution in [0.3, 0.4) is 0 Å². The molecule has 1 aromatic rings. The van der Waals surface area contributed by atoms with Crippen molar-refractivity contribution in [3.8, 4) is 0 Å². The maximum atomic E-state index is 12.8. The van der Waals surface area contributed by atoms with Crippen LogP contribution in [0, 0.1) is 17.3 Å². The van der Waals surface area contributed by atoms with Crippen LogP contribution in [0.25, 0.3) is 5.57 Å². The fourth-order valence-corrected chi connectivity index (χ4v) is 5.26. The summed E-state index contributed by atoms with van der Waals surface area (Å²) in [5.41, 5.74) is 0.719. The van der Waals surface area contributed by atoms with Crippen molar-refractivity contribution in [1.29, 1.82) is 0 Å². The van der Waals surface area contributed by atoms with E-state index in [1.54, 1.807) is 31.9 Å². The van der Waals surface area contributed by atoms with Crippen LogP contribution in [0.15, 0.2) is 12.3 Å². The summed E-state index contributed by atoms with van der Waals surface area (Å²) in [7, 11) is 4.95. The predicted octanol–water partition coefficient (Wildman–Crippen LogP) is -0.146. The molecule has 1 saturated heterocycles. The molecule has 0 saturated carbocycles. The molecule has 224 valence electrons. The molecule has 0 radical (unpaired) electrons. The van der Waals surface area contributed by atoms with Crippen molar-refractivity contribution in [2.45, 2.75) is 78.7 Å².